The van der Waals surface area contributed by atoms with E-state index >= 15 is 0 Å². The van der Waals surface area contributed by atoms with E-state index in [2.05, 4.69) is 31.4 Å². The summed E-state index contributed by atoms with van der Waals surface area (Å²) < 4.78 is 29.8. The Labute approximate surface area is 206 Å². The van der Waals surface area contributed by atoms with Crippen LogP contribution in [0.25, 0.3) is 10.9 Å². The lowest BCUT2D eigenvalue weighted by atomic mass is 9.79. The first-order valence-corrected chi connectivity index (χ1v) is 13.6. The molecular formula is C26H29N5O3S. The summed E-state index contributed by atoms with van der Waals surface area (Å²) in [5.41, 5.74) is 3.29. The van der Waals surface area contributed by atoms with Gasteiger partial charge >= 0.3 is 0 Å². The zero-order valence-electron chi connectivity index (χ0n) is 19.8. The first-order valence-electron chi connectivity index (χ1n) is 11.7. The summed E-state index contributed by atoms with van der Waals surface area (Å²) in [4.78, 5) is 11.2. The van der Waals surface area contributed by atoms with Gasteiger partial charge in [0.25, 0.3) is 0 Å². The molecule has 9 heteroatoms. The lowest BCUT2D eigenvalue weighted by Crippen LogP contribution is -2.57. The molecule has 1 aromatic heterocycles. The van der Waals surface area contributed by atoms with Gasteiger partial charge in [-0.05, 0) is 43.2 Å². The molecule has 0 atom stereocenters. The number of likely N-dealkylation sites (tertiary alicyclic amines) is 1. The normalized spacial score (nSPS) is 18.2. The van der Waals surface area contributed by atoms with Crippen LogP contribution in [0.5, 0.6) is 5.75 Å². The molecule has 3 heterocycles. The summed E-state index contributed by atoms with van der Waals surface area (Å²) in [5.74, 6) is 4.74. The summed E-state index contributed by atoms with van der Waals surface area (Å²) >= 11 is 0. The molecule has 0 aliphatic carbocycles. The van der Waals surface area contributed by atoms with Gasteiger partial charge in [0.15, 0.2) is 9.84 Å². The van der Waals surface area contributed by atoms with Crippen molar-refractivity contribution in [2.24, 2.45) is 5.41 Å². The fourth-order valence-electron chi connectivity index (χ4n) is 5.08. The Morgan fingerprint density at radius 2 is 2.09 bits per heavy atom. The van der Waals surface area contributed by atoms with Gasteiger partial charge in [-0.25, -0.2) is 18.4 Å². The van der Waals surface area contributed by atoms with Crippen LogP contribution in [0.3, 0.4) is 0 Å². The fraction of sp³-hybridized carbons (Fsp3) is 0.385. The highest BCUT2D eigenvalue weighted by Gasteiger charge is 2.49. The molecular weight excluding hydrogens is 462 g/mol. The van der Waals surface area contributed by atoms with Crippen LogP contribution in [0, 0.1) is 17.8 Å². The largest absolute Gasteiger partial charge is 0.491 e. The van der Waals surface area contributed by atoms with Crippen LogP contribution in [0.2, 0.25) is 0 Å². The van der Waals surface area contributed by atoms with Crippen molar-refractivity contribution >= 4 is 37.9 Å². The average Bonchev–Trinajstić information content (AvgIpc) is 3.16. The van der Waals surface area contributed by atoms with E-state index < -0.39 is 9.84 Å². The van der Waals surface area contributed by atoms with Gasteiger partial charge < -0.3 is 20.3 Å². The monoisotopic (exact) mass is 491 g/mol. The zero-order chi connectivity index (χ0) is 24.5. The van der Waals surface area contributed by atoms with E-state index in [4.69, 9.17) is 11.2 Å². The highest BCUT2D eigenvalue weighted by atomic mass is 32.2. The molecule has 2 aliphatic heterocycles. The number of hydrogen-bond acceptors (Lipinski definition) is 8. The molecule has 2 aromatic carbocycles. The van der Waals surface area contributed by atoms with Crippen molar-refractivity contribution in [3.8, 4) is 18.1 Å². The SMILES string of the molecule is C#Cc1cccc(Nc2ncnc3cc(NC)c(OCCCN4CC5(CCS(=O)(=O)C5)C4)cc23)c1. The lowest BCUT2D eigenvalue weighted by molar-refractivity contribution is 0.0185. The number of hydrogen-bond donors (Lipinski definition) is 2. The number of ether oxygens (including phenoxy) is 1. The molecule has 35 heavy (non-hydrogen) atoms. The third-order valence-corrected chi connectivity index (χ3v) is 8.64. The minimum atomic E-state index is -2.83. The third kappa shape index (κ3) is 5.04. The molecule has 2 N–H and O–H groups in total. The van der Waals surface area contributed by atoms with Crippen molar-refractivity contribution in [2.75, 3.05) is 55.4 Å². The number of fused-ring (bicyclic) bond motifs is 1. The smallest absolute Gasteiger partial charge is 0.150 e. The van der Waals surface area contributed by atoms with Crippen LogP contribution in [0.1, 0.15) is 18.4 Å². The van der Waals surface area contributed by atoms with Crippen molar-refractivity contribution in [2.45, 2.75) is 12.8 Å². The maximum Gasteiger partial charge on any atom is 0.150 e. The second kappa shape index (κ2) is 9.36. The molecule has 182 valence electrons. The van der Waals surface area contributed by atoms with E-state index in [1.165, 1.54) is 6.33 Å². The highest BCUT2D eigenvalue weighted by Crippen LogP contribution is 2.40. The molecule has 2 aliphatic rings. The molecule has 2 fully saturated rings. The maximum atomic E-state index is 11.8. The molecule has 2 saturated heterocycles. The molecule has 0 bridgehead atoms. The van der Waals surface area contributed by atoms with Crippen LogP contribution in [0.15, 0.2) is 42.7 Å². The topological polar surface area (TPSA) is 96.5 Å². The Morgan fingerprint density at radius 1 is 1.23 bits per heavy atom. The van der Waals surface area contributed by atoms with Gasteiger partial charge in [-0.15, -0.1) is 6.42 Å². The Hall–Kier alpha value is -3.35. The molecule has 0 unspecified atom stereocenters. The fourth-order valence-corrected chi connectivity index (χ4v) is 7.23. The Kier molecular flexibility index (Phi) is 6.26. The number of aromatic nitrogens is 2. The molecule has 3 aromatic rings. The average molecular weight is 492 g/mol. The second-order valence-electron chi connectivity index (χ2n) is 9.44. The number of terminal acetylenes is 1. The molecule has 1 spiro atoms. The number of nitrogens with zero attached hydrogens (tertiary/aromatic N) is 3. The minimum Gasteiger partial charge on any atom is -0.491 e. The third-order valence-electron chi connectivity index (χ3n) is 6.76. The zero-order valence-corrected chi connectivity index (χ0v) is 20.6. The van der Waals surface area contributed by atoms with Crippen molar-refractivity contribution in [3.63, 3.8) is 0 Å². The number of sulfone groups is 1. The molecule has 0 amide bonds. The minimum absolute atomic E-state index is 0.000467. The van der Waals surface area contributed by atoms with Crippen LogP contribution in [-0.4, -0.2) is 68.1 Å². The molecule has 8 nitrogen and oxygen atoms in total. The summed E-state index contributed by atoms with van der Waals surface area (Å²) in [6.45, 7) is 3.20. The van der Waals surface area contributed by atoms with Crippen molar-refractivity contribution < 1.29 is 13.2 Å². The number of anilines is 3. The number of nitrogens with one attached hydrogen (secondary N) is 2. The Bertz CT molecular complexity index is 1390. The van der Waals surface area contributed by atoms with Gasteiger partial charge in [-0.1, -0.05) is 12.0 Å². The maximum absolute atomic E-state index is 11.8. The summed E-state index contributed by atoms with van der Waals surface area (Å²) in [6.07, 6.45) is 8.73. The van der Waals surface area contributed by atoms with E-state index in [0.29, 0.717) is 23.9 Å². The molecule has 0 saturated carbocycles. The van der Waals surface area contributed by atoms with Crippen molar-refractivity contribution in [1.29, 1.82) is 0 Å². The van der Waals surface area contributed by atoms with Crippen LogP contribution in [-0.2, 0) is 9.84 Å². The standard InChI is InChI=1S/C26H29N5O3S/c1-3-19-6-4-7-20(12-19)30-25-21-13-24(23(27-2)14-22(21)28-18-29-25)34-10-5-9-31-15-26(16-31)8-11-35(32,33)17-26/h1,4,6-7,12-14,18,27H,5,8-11,15-17H2,2H3,(H,28,29,30). The lowest BCUT2D eigenvalue weighted by Gasteiger charge is -2.47. The molecule has 5 rings (SSSR count). The summed E-state index contributed by atoms with van der Waals surface area (Å²) in [6, 6.07) is 11.5. The van der Waals surface area contributed by atoms with Crippen molar-refractivity contribution in [3.05, 3.63) is 48.3 Å². The van der Waals surface area contributed by atoms with Gasteiger partial charge in [-0.2, -0.15) is 0 Å². The van der Waals surface area contributed by atoms with Gasteiger partial charge in [0.1, 0.15) is 17.9 Å². The van der Waals surface area contributed by atoms with E-state index in [1.807, 2.05) is 43.4 Å². The summed E-state index contributed by atoms with van der Waals surface area (Å²) in [7, 11) is -0.979. The van der Waals surface area contributed by atoms with E-state index in [1.54, 1.807) is 0 Å². The van der Waals surface area contributed by atoms with Crippen molar-refractivity contribution in [1.82, 2.24) is 14.9 Å². The first kappa shape index (κ1) is 23.4. The van der Waals surface area contributed by atoms with Crippen LogP contribution < -0.4 is 15.4 Å². The first-order chi connectivity index (χ1) is 16.9. The Morgan fingerprint density at radius 3 is 2.83 bits per heavy atom. The van der Waals surface area contributed by atoms with Gasteiger partial charge in [-0.3, -0.25) is 0 Å². The Balaban J connectivity index is 1.24. The van der Waals surface area contributed by atoms with Crippen LogP contribution in [0.4, 0.5) is 17.2 Å². The number of rotatable bonds is 8. The summed E-state index contributed by atoms with van der Waals surface area (Å²) in [5, 5.41) is 7.38. The highest BCUT2D eigenvalue weighted by molar-refractivity contribution is 7.91. The molecule has 0 radical (unpaired) electrons. The van der Waals surface area contributed by atoms with Crippen LogP contribution >= 0.6 is 0 Å². The number of benzene rings is 2. The van der Waals surface area contributed by atoms with E-state index in [9.17, 15) is 8.42 Å². The van der Waals surface area contributed by atoms with Gasteiger partial charge in [0.05, 0.1) is 29.3 Å². The predicted molar refractivity (Wildman–Crippen MR) is 139 cm³/mol. The van der Waals surface area contributed by atoms with E-state index in [0.717, 1.165) is 66.1 Å². The van der Waals surface area contributed by atoms with Gasteiger partial charge in [0, 0.05) is 48.7 Å². The quantitative estimate of drug-likeness (QED) is 0.366. The predicted octanol–water partition coefficient (Wildman–Crippen LogP) is 3.29. The van der Waals surface area contributed by atoms with E-state index in [-0.39, 0.29) is 5.41 Å². The second-order valence-corrected chi connectivity index (χ2v) is 11.6. The van der Waals surface area contributed by atoms with Gasteiger partial charge in [0.2, 0.25) is 0 Å².